The van der Waals surface area contributed by atoms with Crippen molar-refractivity contribution in [2.24, 2.45) is 5.92 Å². The maximum Gasteiger partial charge on any atom is 0.321 e. The number of carboxylic acids is 1. The largest absolute Gasteiger partial charge is 0.480 e. The quantitative estimate of drug-likeness (QED) is 0.788. The SMILES string of the molecule is CC(C)C[C@H](NS(=O)(=O)c1cnn(-c2ccccc2F)c1)C(=O)O. The van der Waals surface area contributed by atoms with E-state index in [1.165, 1.54) is 18.2 Å². The van der Waals surface area contributed by atoms with Gasteiger partial charge in [0.2, 0.25) is 10.0 Å². The van der Waals surface area contributed by atoms with Gasteiger partial charge in [-0.25, -0.2) is 17.5 Å². The molecule has 1 aromatic heterocycles. The van der Waals surface area contributed by atoms with Crippen molar-refractivity contribution >= 4 is 16.0 Å². The topological polar surface area (TPSA) is 101 Å². The van der Waals surface area contributed by atoms with E-state index in [0.29, 0.717) is 0 Å². The van der Waals surface area contributed by atoms with Crippen molar-refractivity contribution in [3.05, 3.63) is 42.5 Å². The molecule has 0 bridgehead atoms. The van der Waals surface area contributed by atoms with Crippen LogP contribution in [0.15, 0.2) is 41.6 Å². The van der Waals surface area contributed by atoms with Crippen LogP contribution < -0.4 is 4.72 Å². The van der Waals surface area contributed by atoms with Crippen LogP contribution in [0, 0.1) is 11.7 Å². The second-order valence-electron chi connectivity index (χ2n) is 5.71. The lowest BCUT2D eigenvalue weighted by atomic mass is 10.1. The van der Waals surface area contributed by atoms with Crippen LogP contribution >= 0.6 is 0 Å². The van der Waals surface area contributed by atoms with Gasteiger partial charge in [0.1, 0.15) is 22.4 Å². The van der Waals surface area contributed by atoms with E-state index in [1.807, 2.05) is 0 Å². The summed E-state index contributed by atoms with van der Waals surface area (Å²) in [4.78, 5) is 11.0. The molecule has 9 heteroatoms. The molecule has 24 heavy (non-hydrogen) atoms. The Labute approximate surface area is 139 Å². The molecule has 1 atom stereocenters. The first-order valence-electron chi connectivity index (χ1n) is 7.25. The third kappa shape index (κ3) is 4.18. The lowest BCUT2D eigenvalue weighted by molar-refractivity contribution is -0.139. The van der Waals surface area contributed by atoms with Crippen molar-refractivity contribution in [3.8, 4) is 5.69 Å². The Morgan fingerprint density at radius 3 is 2.62 bits per heavy atom. The maximum absolute atomic E-state index is 13.7. The second-order valence-corrected chi connectivity index (χ2v) is 7.43. The van der Waals surface area contributed by atoms with Gasteiger partial charge in [0.25, 0.3) is 0 Å². The van der Waals surface area contributed by atoms with Gasteiger partial charge in [0, 0.05) is 0 Å². The van der Waals surface area contributed by atoms with Crippen LogP contribution in [0.1, 0.15) is 20.3 Å². The summed E-state index contributed by atoms with van der Waals surface area (Å²) in [7, 11) is -4.09. The highest BCUT2D eigenvalue weighted by Crippen LogP contribution is 2.16. The average molecular weight is 355 g/mol. The minimum atomic E-state index is -4.09. The number of nitrogens with one attached hydrogen (secondary N) is 1. The zero-order valence-electron chi connectivity index (χ0n) is 13.2. The Bertz CT molecular complexity index is 833. The van der Waals surface area contributed by atoms with Gasteiger partial charge in [-0.2, -0.15) is 9.82 Å². The highest BCUT2D eigenvalue weighted by atomic mass is 32.2. The minimum absolute atomic E-state index is 0.00469. The molecule has 0 saturated heterocycles. The van der Waals surface area contributed by atoms with E-state index in [2.05, 4.69) is 9.82 Å². The van der Waals surface area contributed by atoms with Crippen LogP contribution in [0.25, 0.3) is 5.69 Å². The summed E-state index contributed by atoms with van der Waals surface area (Å²) >= 11 is 0. The molecule has 0 unspecified atom stereocenters. The normalized spacial score (nSPS) is 13.2. The number of rotatable bonds is 7. The van der Waals surface area contributed by atoms with Crippen molar-refractivity contribution in [2.75, 3.05) is 0 Å². The fourth-order valence-corrected chi connectivity index (χ4v) is 3.27. The Morgan fingerprint density at radius 1 is 1.38 bits per heavy atom. The van der Waals surface area contributed by atoms with Crippen LogP contribution in [0.5, 0.6) is 0 Å². The standard InChI is InChI=1S/C15H18FN3O4S/c1-10(2)7-13(15(20)21)18-24(22,23)11-8-17-19(9-11)14-6-4-3-5-12(14)16/h3-6,8-10,13,18H,7H2,1-2H3,(H,20,21)/t13-/m0/s1. The number of nitrogens with zero attached hydrogens (tertiary/aromatic N) is 2. The molecule has 0 amide bonds. The van der Waals surface area contributed by atoms with E-state index >= 15 is 0 Å². The predicted molar refractivity (Wildman–Crippen MR) is 84.7 cm³/mol. The van der Waals surface area contributed by atoms with Crippen molar-refractivity contribution in [3.63, 3.8) is 0 Å². The van der Waals surface area contributed by atoms with Crippen molar-refractivity contribution < 1.29 is 22.7 Å². The lowest BCUT2D eigenvalue weighted by Gasteiger charge is -2.15. The second kappa shape index (κ2) is 7.10. The molecule has 2 rings (SSSR count). The van der Waals surface area contributed by atoms with Gasteiger partial charge < -0.3 is 5.11 Å². The van der Waals surface area contributed by atoms with Gasteiger partial charge in [-0.15, -0.1) is 0 Å². The molecule has 0 aliphatic rings. The molecule has 0 radical (unpaired) electrons. The molecule has 1 aromatic carbocycles. The number of carboxylic acid groups (broad SMARTS) is 1. The van der Waals surface area contributed by atoms with E-state index in [-0.39, 0.29) is 22.9 Å². The van der Waals surface area contributed by atoms with Gasteiger partial charge in [-0.05, 0) is 24.5 Å². The van der Waals surface area contributed by atoms with Crippen LogP contribution in [-0.4, -0.2) is 35.3 Å². The number of benzene rings is 1. The van der Waals surface area contributed by atoms with Crippen LogP contribution in [0.2, 0.25) is 0 Å². The summed E-state index contributed by atoms with van der Waals surface area (Å²) < 4.78 is 41.6. The average Bonchev–Trinajstić information content (AvgIpc) is 2.96. The Balaban J connectivity index is 2.27. The third-order valence-corrected chi connectivity index (χ3v) is 4.70. The zero-order valence-corrected chi connectivity index (χ0v) is 14.0. The highest BCUT2D eigenvalue weighted by Gasteiger charge is 2.27. The smallest absolute Gasteiger partial charge is 0.321 e. The van der Waals surface area contributed by atoms with Crippen LogP contribution in [0.4, 0.5) is 4.39 Å². The molecular formula is C15H18FN3O4S. The predicted octanol–water partition coefficient (Wildman–Crippen LogP) is 1.79. The summed E-state index contributed by atoms with van der Waals surface area (Å²) in [6, 6.07) is 4.53. The Kier molecular flexibility index (Phi) is 5.35. The minimum Gasteiger partial charge on any atom is -0.480 e. The Hall–Kier alpha value is -2.26. The van der Waals surface area contributed by atoms with Gasteiger partial charge in [-0.1, -0.05) is 26.0 Å². The molecule has 2 aromatic rings. The number of hydrogen-bond acceptors (Lipinski definition) is 4. The number of carbonyl (C=O) groups is 1. The van der Waals surface area contributed by atoms with Crippen molar-refractivity contribution in [1.29, 1.82) is 0 Å². The number of aromatic nitrogens is 2. The van der Waals surface area contributed by atoms with E-state index < -0.39 is 27.9 Å². The number of halogens is 1. The molecule has 0 fully saturated rings. The number of sulfonamides is 1. The van der Waals surface area contributed by atoms with Crippen LogP contribution in [0.3, 0.4) is 0 Å². The molecule has 2 N–H and O–H groups in total. The van der Waals surface area contributed by atoms with Gasteiger partial charge in [-0.3, -0.25) is 4.79 Å². The monoisotopic (exact) mass is 355 g/mol. The first-order chi connectivity index (χ1) is 11.2. The fourth-order valence-electron chi connectivity index (χ4n) is 2.14. The van der Waals surface area contributed by atoms with Gasteiger partial charge >= 0.3 is 5.97 Å². The van der Waals surface area contributed by atoms with E-state index in [0.717, 1.165) is 17.1 Å². The first kappa shape index (κ1) is 18.1. The molecule has 130 valence electrons. The van der Waals surface area contributed by atoms with Crippen molar-refractivity contribution in [2.45, 2.75) is 31.2 Å². The van der Waals surface area contributed by atoms with Crippen LogP contribution in [-0.2, 0) is 14.8 Å². The molecular weight excluding hydrogens is 337 g/mol. The molecule has 0 saturated carbocycles. The molecule has 7 nitrogen and oxygen atoms in total. The van der Waals surface area contributed by atoms with Gasteiger partial charge in [0.15, 0.2) is 0 Å². The molecule has 1 heterocycles. The molecule has 0 aliphatic carbocycles. The van der Waals surface area contributed by atoms with E-state index in [9.17, 15) is 17.6 Å². The number of hydrogen-bond donors (Lipinski definition) is 2. The summed E-state index contributed by atoms with van der Waals surface area (Å²) in [5, 5.41) is 13.0. The third-order valence-electron chi connectivity index (χ3n) is 3.27. The summed E-state index contributed by atoms with van der Waals surface area (Å²) in [6.07, 6.45) is 2.33. The number of para-hydroxylation sites is 1. The van der Waals surface area contributed by atoms with E-state index in [4.69, 9.17) is 5.11 Å². The maximum atomic E-state index is 13.7. The zero-order chi connectivity index (χ0) is 17.9. The summed E-state index contributed by atoms with van der Waals surface area (Å²) in [5.41, 5.74) is 0.0934. The van der Waals surface area contributed by atoms with Crippen molar-refractivity contribution in [1.82, 2.24) is 14.5 Å². The number of aliphatic carboxylic acids is 1. The summed E-state index contributed by atoms with van der Waals surface area (Å²) in [5.74, 6) is -1.82. The first-order valence-corrected chi connectivity index (χ1v) is 8.73. The molecule has 0 aliphatic heterocycles. The van der Waals surface area contributed by atoms with E-state index in [1.54, 1.807) is 19.9 Å². The summed E-state index contributed by atoms with van der Waals surface area (Å²) in [6.45, 7) is 3.58. The highest BCUT2D eigenvalue weighted by molar-refractivity contribution is 7.89. The molecule has 0 spiro atoms. The Morgan fingerprint density at radius 2 is 2.04 bits per heavy atom. The lowest BCUT2D eigenvalue weighted by Crippen LogP contribution is -2.41. The van der Waals surface area contributed by atoms with Gasteiger partial charge in [0.05, 0.1) is 12.4 Å². The fraction of sp³-hybridized carbons (Fsp3) is 0.333.